The molecule has 0 atom stereocenters. The number of amides is 2. The van der Waals surface area contributed by atoms with Crippen LogP contribution < -0.4 is 5.32 Å². The summed E-state index contributed by atoms with van der Waals surface area (Å²) in [6, 6.07) is 7.76. The molecule has 0 unspecified atom stereocenters. The van der Waals surface area contributed by atoms with Crippen LogP contribution >= 0.6 is 0 Å². The Morgan fingerprint density at radius 1 is 1.10 bits per heavy atom. The van der Waals surface area contributed by atoms with Gasteiger partial charge in [0.2, 0.25) is 5.91 Å². The average Bonchev–Trinajstić information content (AvgIpc) is 2.74. The highest BCUT2D eigenvalue weighted by Crippen LogP contribution is 2.29. The zero-order valence-corrected chi connectivity index (χ0v) is 16.7. The van der Waals surface area contributed by atoms with E-state index in [1.165, 1.54) is 30.5 Å². The first-order valence-electron chi connectivity index (χ1n) is 9.80. The summed E-state index contributed by atoms with van der Waals surface area (Å²) in [5, 5.41) is 11.8. The summed E-state index contributed by atoms with van der Waals surface area (Å²) in [5.41, 5.74) is 1.26. The summed E-state index contributed by atoms with van der Waals surface area (Å²) >= 11 is 0. The van der Waals surface area contributed by atoms with Crippen LogP contribution in [0.3, 0.4) is 0 Å². The third kappa shape index (κ3) is 6.31. The first-order valence-corrected chi connectivity index (χ1v) is 9.80. The van der Waals surface area contributed by atoms with E-state index in [9.17, 15) is 27.9 Å². The van der Waals surface area contributed by atoms with Crippen molar-refractivity contribution in [2.75, 3.05) is 19.6 Å². The van der Waals surface area contributed by atoms with Crippen molar-refractivity contribution in [2.45, 2.75) is 25.4 Å². The highest BCUT2D eigenvalue weighted by atomic mass is 19.4. The molecule has 0 saturated carbocycles. The fourth-order valence-electron chi connectivity index (χ4n) is 3.24. The van der Waals surface area contributed by atoms with Crippen LogP contribution in [0.15, 0.2) is 48.2 Å². The van der Waals surface area contributed by atoms with Crippen molar-refractivity contribution in [3.8, 4) is 5.75 Å². The second kappa shape index (κ2) is 9.63. The van der Waals surface area contributed by atoms with Crippen LogP contribution in [0.2, 0.25) is 0 Å². The van der Waals surface area contributed by atoms with E-state index in [0.717, 1.165) is 17.7 Å². The molecule has 1 saturated heterocycles. The molecule has 6 nitrogen and oxygen atoms in total. The van der Waals surface area contributed by atoms with Crippen molar-refractivity contribution >= 4 is 17.9 Å². The Balaban J connectivity index is 1.43. The molecule has 1 aromatic heterocycles. The number of hydrogen-bond donors (Lipinski definition) is 2. The van der Waals surface area contributed by atoms with Crippen molar-refractivity contribution in [3.05, 3.63) is 65.0 Å². The number of benzene rings is 1. The van der Waals surface area contributed by atoms with Gasteiger partial charge in [-0.1, -0.05) is 23.8 Å². The summed E-state index contributed by atoms with van der Waals surface area (Å²) in [5.74, 6) is -0.538. The van der Waals surface area contributed by atoms with Gasteiger partial charge < -0.3 is 15.3 Å². The lowest BCUT2D eigenvalue weighted by atomic mass is 10.00. The maximum atomic E-state index is 12.6. The van der Waals surface area contributed by atoms with Crippen molar-refractivity contribution in [3.63, 3.8) is 0 Å². The molecule has 0 bridgehead atoms. The van der Waals surface area contributed by atoms with Crippen LogP contribution in [0.5, 0.6) is 5.75 Å². The minimum Gasteiger partial charge on any atom is -0.506 e. The second-order valence-electron chi connectivity index (χ2n) is 7.21. The lowest BCUT2D eigenvalue weighted by molar-refractivity contribution is -0.137. The van der Waals surface area contributed by atoms with Crippen molar-refractivity contribution in [2.24, 2.45) is 0 Å². The third-order valence-electron chi connectivity index (χ3n) is 4.97. The number of carbonyl (C=O) groups is 2. The number of rotatable bonds is 5. The van der Waals surface area contributed by atoms with Gasteiger partial charge in [0.1, 0.15) is 11.4 Å². The summed E-state index contributed by atoms with van der Waals surface area (Å²) in [6.07, 6.45) is 0.142. The number of likely N-dealkylation sites (tertiary alicyclic amines) is 1. The second-order valence-corrected chi connectivity index (χ2v) is 7.21. The number of alkyl halides is 3. The topological polar surface area (TPSA) is 82.5 Å². The zero-order valence-electron chi connectivity index (χ0n) is 16.7. The number of piperidine rings is 1. The first-order chi connectivity index (χ1) is 14.7. The standard InChI is InChI=1S/C22H22F3N3O3/c23-22(24,25)17-3-1-15(2-4-17)13-16-8-11-28(12-9-16)20(30)7-10-26-21(31)19-6-5-18(29)14-27-19/h1-6,13-14,29H,7-12H2,(H,26,31). The van der Waals surface area contributed by atoms with E-state index < -0.39 is 17.6 Å². The monoisotopic (exact) mass is 433 g/mol. The molecule has 2 aromatic rings. The molecule has 1 aromatic carbocycles. The first kappa shape index (κ1) is 22.3. The lowest BCUT2D eigenvalue weighted by Crippen LogP contribution is -2.38. The van der Waals surface area contributed by atoms with Crippen LogP contribution in [0.25, 0.3) is 6.08 Å². The molecule has 2 N–H and O–H groups in total. The quantitative estimate of drug-likeness (QED) is 0.755. The third-order valence-corrected chi connectivity index (χ3v) is 4.97. The predicted molar refractivity (Wildman–Crippen MR) is 108 cm³/mol. The van der Waals surface area contributed by atoms with E-state index in [1.54, 1.807) is 4.90 Å². The van der Waals surface area contributed by atoms with Crippen LogP contribution in [-0.4, -0.2) is 46.4 Å². The Kier molecular flexibility index (Phi) is 6.94. The Labute approximate surface area is 177 Å². The maximum Gasteiger partial charge on any atom is 0.416 e. The van der Waals surface area contributed by atoms with Gasteiger partial charge in [0.05, 0.1) is 11.8 Å². The molecular formula is C22H22F3N3O3. The van der Waals surface area contributed by atoms with Gasteiger partial charge in [-0.15, -0.1) is 0 Å². The molecule has 9 heteroatoms. The number of pyridine rings is 1. The minimum absolute atomic E-state index is 0.0384. The molecule has 1 fully saturated rings. The molecule has 1 aliphatic rings. The summed E-state index contributed by atoms with van der Waals surface area (Å²) in [6.45, 7) is 1.22. The normalized spacial score (nSPS) is 14.3. The Morgan fingerprint density at radius 3 is 2.35 bits per heavy atom. The summed E-state index contributed by atoms with van der Waals surface area (Å²) < 4.78 is 37.9. The molecule has 0 spiro atoms. The molecule has 1 aliphatic heterocycles. The SMILES string of the molecule is O=C(NCCC(=O)N1CCC(=Cc2ccc(C(F)(F)F)cc2)CC1)c1ccc(O)cn1. The molecule has 3 rings (SSSR count). The maximum absolute atomic E-state index is 12.6. The number of aromatic hydroxyl groups is 1. The molecule has 2 amide bonds. The van der Waals surface area contributed by atoms with Crippen LogP contribution in [0.1, 0.15) is 40.9 Å². The van der Waals surface area contributed by atoms with E-state index >= 15 is 0 Å². The number of carbonyl (C=O) groups excluding carboxylic acids is 2. The number of nitrogens with zero attached hydrogens (tertiary/aromatic N) is 2. The highest BCUT2D eigenvalue weighted by Gasteiger charge is 2.29. The molecule has 164 valence electrons. The molecule has 0 aliphatic carbocycles. The Morgan fingerprint density at radius 2 is 1.77 bits per heavy atom. The van der Waals surface area contributed by atoms with Gasteiger partial charge in [0.15, 0.2) is 0 Å². The van der Waals surface area contributed by atoms with E-state index in [0.29, 0.717) is 31.5 Å². The fourth-order valence-corrected chi connectivity index (χ4v) is 3.24. The van der Waals surface area contributed by atoms with Crippen LogP contribution in [0, 0.1) is 0 Å². The fraction of sp³-hybridized carbons (Fsp3) is 0.318. The van der Waals surface area contributed by atoms with Crippen LogP contribution in [-0.2, 0) is 11.0 Å². The van der Waals surface area contributed by atoms with Crippen molar-refractivity contribution in [1.29, 1.82) is 0 Å². The zero-order chi connectivity index (χ0) is 22.4. The summed E-state index contributed by atoms with van der Waals surface area (Å²) in [7, 11) is 0. The minimum atomic E-state index is -4.35. The van der Waals surface area contributed by atoms with Crippen molar-refractivity contribution < 1.29 is 27.9 Å². The predicted octanol–water partition coefficient (Wildman–Crippen LogP) is 3.63. The summed E-state index contributed by atoms with van der Waals surface area (Å²) in [4.78, 5) is 29.8. The number of aromatic nitrogens is 1. The molecule has 2 heterocycles. The smallest absolute Gasteiger partial charge is 0.416 e. The van der Waals surface area contributed by atoms with Gasteiger partial charge in [0, 0.05) is 26.1 Å². The van der Waals surface area contributed by atoms with Gasteiger partial charge in [-0.2, -0.15) is 13.2 Å². The van der Waals surface area contributed by atoms with Crippen molar-refractivity contribution in [1.82, 2.24) is 15.2 Å². The van der Waals surface area contributed by atoms with Gasteiger partial charge in [0.25, 0.3) is 5.91 Å². The van der Waals surface area contributed by atoms with Gasteiger partial charge in [-0.3, -0.25) is 9.59 Å². The van der Waals surface area contributed by atoms with E-state index in [2.05, 4.69) is 10.3 Å². The van der Waals surface area contributed by atoms with E-state index in [-0.39, 0.29) is 30.3 Å². The van der Waals surface area contributed by atoms with Gasteiger partial charge in [-0.05, 0) is 42.7 Å². The van der Waals surface area contributed by atoms with E-state index in [1.807, 2.05) is 6.08 Å². The molecular weight excluding hydrogens is 411 g/mol. The number of nitrogens with one attached hydrogen (secondary N) is 1. The van der Waals surface area contributed by atoms with Crippen LogP contribution in [0.4, 0.5) is 13.2 Å². The van der Waals surface area contributed by atoms with E-state index in [4.69, 9.17) is 0 Å². The number of halogens is 3. The van der Waals surface area contributed by atoms with Gasteiger partial charge in [-0.25, -0.2) is 4.98 Å². The Bertz CT molecular complexity index is 945. The highest BCUT2D eigenvalue weighted by molar-refractivity contribution is 5.92. The molecule has 0 radical (unpaired) electrons. The lowest BCUT2D eigenvalue weighted by Gasteiger charge is -2.28. The number of hydrogen-bond acceptors (Lipinski definition) is 4. The van der Waals surface area contributed by atoms with Gasteiger partial charge >= 0.3 is 6.18 Å². The molecule has 31 heavy (non-hydrogen) atoms. The average molecular weight is 433 g/mol. The Hall–Kier alpha value is -3.36. The largest absolute Gasteiger partial charge is 0.506 e.